The van der Waals surface area contributed by atoms with Gasteiger partial charge in [0, 0.05) is 4.88 Å². The highest BCUT2D eigenvalue weighted by Gasteiger charge is 2.08. The number of carboxylic acids is 1. The Hall–Kier alpha value is -1.88. The molecule has 0 saturated carbocycles. The summed E-state index contributed by atoms with van der Waals surface area (Å²) in [5, 5.41) is 9.83. The maximum Gasteiger partial charge on any atom is 0.307 e. The lowest BCUT2D eigenvalue weighted by atomic mass is 10.1. The van der Waals surface area contributed by atoms with Gasteiger partial charge in [0.15, 0.2) is 0 Å². The zero-order valence-electron chi connectivity index (χ0n) is 11.5. The van der Waals surface area contributed by atoms with E-state index in [1.807, 2.05) is 13.0 Å². The molecule has 0 unspecified atom stereocenters. The van der Waals surface area contributed by atoms with Crippen LogP contribution in [0, 0.1) is 6.92 Å². The van der Waals surface area contributed by atoms with E-state index in [2.05, 4.69) is 11.9 Å². The molecule has 2 aromatic rings. The largest absolute Gasteiger partial charge is 0.487 e. The molecular formula is C15H17NO3S. The molecule has 5 heteroatoms. The molecule has 1 N–H and O–H groups in total. The van der Waals surface area contributed by atoms with E-state index in [0.717, 1.165) is 22.7 Å². The summed E-state index contributed by atoms with van der Waals surface area (Å²) in [7, 11) is 0. The standard InChI is InChI=1S/C15H17NO3S/c1-3-14-13(16-10(2)20-14)9-19-12-6-4-5-11(7-12)8-15(17)18/h4-7H,3,8-9H2,1-2H3,(H,17,18). The SMILES string of the molecule is CCc1sc(C)nc1COc1cccc(CC(=O)O)c1. The van der Waals surface area contributed by atoms with Crippen molar-refractivity contribution in [3.63, 3.8) is 0 Å². The molecule has 1 aromatic heterocycles. The maximum atomic E-state index is 10.7. The van der Waals surface area contributed by atoms with Crippen LogP contribution in [0.4, 0.5) is 0 Å². The molecule has 0 radical (unpaired) electrons. The topological polar surface area (TPSA) is 59.4 Å². The fourth-order valence-electron chi connectivity index (χ4n) is 1.97. The maximum absolute atomic E-state index is 10.7. The van der Waals surface area contributed by atoms with Crippen molar-refractivity contribution in [3.8, 4) is 5.75 Å². The van der Waals surface area contributed by atoms with Crippen LogP contribution in [0.5, 0.6) is 5.75 Å². The molecule has 0 fully saturated rings. The Morgan fingerprint density at radius 2 is 2.25 bits per heavy atom. The molecule has 4 nitrogen and oxygen atoms in total. The molecule has 20 heavy (non-hydrogen) atoms. The summed E-state index contributed by atoms with van der Waals surface area (Å²) >= 11 is 1.69. The van der Waals surface area contributed by atoms with Crippen molar-refractivity contribution in [1.29, 1.82) is 0 Å². The van der Waals surface area contributed by atoms with Crippen molar-refractivity contribution < 1.29 is 14.6 Å². The predicted molar refractivity (Wildman–Crippen MR) is 78.3 cm³/mol. The van der Waals surface area contributed by atoms with Gasteiger partial charge in [0.2, 0.25) is 0 Å². The van der Waals surface area contributed by atoms with E-state index in [1.54, 1.807) is 29.5 Å². The van der Waals surface area contributed by atoms with Gasteiger partial charge >= 0.3 is 5.97 Å². The highest BCUT2D eigenvalue weighted by Crippen LogP contribution is 2.21. The lowest BCUT2D eigenvalue weighted by molar-refractivity contribution is -0.136. The minimum atomic E-state index is -0.842. The van der Waals surface area contributed by atoms with Crippen LogP contribution in [-0.4, -0.2) is 16.1 Å². The summed E-state index contributed by atoms with van der Waals surface area (Å²) in [5.74, 6) is -0.165. The third-order valence-electron chi connectivity index (χ3n) is 2.84. The van der Waals surface area contributed by atoms with Crippen LogP contribution in [-0.2, 0) is 24.2 Å². The van der Waals surface area contributed by atoms with Crippen molar-refractivity contribution in [2.45, 2.75) is 33.3 Å². The number of benzene rings is 1. The van der Waals surface area contributed by atoms with Crippen molar-refractivity contribution in [3.05, 3.63) is 45.4 Å². The second-order valence-corrected chi connectivity index (χ2v) is 5.75. The van der Waals surface area contributed by atoms with Gasteiger partial charge in [-0.25, -0.2) is 4.98 Å². The summed E-state index contributed by atoms with van der Waals surface area (Å²) in [4.78, 5) is 16.4. The second kappa shape index (κ2) is 6.52. The number of hydrogen-bond acceptors (Lipinski definition) is 4. The van der Waals surface area contributed by atoms with Crippen LogP contribution in [0.1, 0.15) is 28.1 Å². The minimum absolute atomic E-state index is 0.00716. The predicted octanol–water partition coefficient (Wildman–Crippen LogP) is 3.22. The molecule has 0 amide bonds. The van der Waals surface area contributed by atoms with Gasteiger partial charge in [-0.3, -0.25) is 4.79 Å². The van der Waals surface area contributed by atoms with E-state index < -0.39 is 5.97 Å². The lowest BCUT2D eigenvalue weighted by Gasteiger charge is -2.07. The fraction of sp³-hybridized carbons (Fsp3) is 0.333. The van der Waals surface area contributed by atoms with Gasteiger partial charge in [0.05, 0.1) is 17.1 Å². The highest BCUT2D eigenvalue weighted by molar-refractivity contribution is 7.11. The number of rotatable bonds is 6. The van der Waals surface area contributed by atoms with Gasteiger partial charge in [-0.05, 0) is 31.0 Å². The molecule has 0 aliphatic carbocycles. The number of carbonyl (C=O) groups is 1. The number of thiazole rings is 1. The van der Waals surface area contributed by atoms with Crippen molar-refractivity contribution in [2.24, 2.45) is 0 Å². The summed E-state index contributed by atoms with van der Waals surface area (Å²) in [5.41, 5.74) is 1.71. The number of nitrogens with zero attached hydrogens (tertiary/aromatic N) is 1. The third kappa shape index (κ3) is 3.81. The van der Waals surface area contributed by atoms with E-state index in [9.17, 15) is 4.79 Å². The number of carboxylic acid groups (broad SMARTS) is 1. The van der Waals surface area contributed by atoms with Gasteiger partial charge in [0.1, 0.15) is 12.4 Å². The van der Waals surface area contributed by atoms with Gasteiger partial charge < -0.3 is 9.84 Å². The van der Waals surface area contributed by atoms with Crippen LogP contribution in [0.3, 0.4) is 0 Å². The fourth-order valence-corrected chi connectivity index (χ4v) is 2.85. The number of aromatic nitrogens is 1. The molecule has 0 bridgehead atoms. The number of ether oxygens (including phenoxy) is 1. The van der Waals surface area contributed by atoms with Crippen LogP contribution in [0.25, 0.3) is 0 Å². The minimum Gasteiger partial charge on any atom is -0.487 e. The van der Waals surface area contributed by atoms with Crippen LogP contribution in [0.15, 0.2) is 24.3 Å². The van der Waals surface area contributed by atoms with Crippen molar-refractivity contribution in [2.75, 3.05) is 0 Å². The van der Waals surface area contributed by atoms with Gasteiger partial charge in [0.25, 0.3) is 0 Å². The van der Waals surface area contributed by atoms with Crippen LogP contribution >= 0.6 is 11.3 Å². The molecule has 0 saturated heterocycles. The summed E-state index contributed by atoms with van der Waals surface area (Å²) < 4.78 is 5.72. The first-order chi connectivity index (χ1) is 9.58. The average Bonchev–Trinajstić information content (AvgIpc) is 2.76. The Labute approximate surface area is 122 Å². The summed E-state index contributed by atoms with van der Waals surface area (Å²) in [6.45, 7) is 4.51. The first-order valence-electron chi connectivity index (χ1n) is 6.47. The Morgan fingerprint density at radius 3 is 2.95 bits per heavy atom. The van der Waals surface area contributed by atoms with E-state index >= 15 is 0 Å². The van der Waals surface area contributed by atoms with Crippen molar-refractivity contribution in [1.82, 2.24) is 4.98 Å². The molecular weight excluding hydrogens is 274 g/mol. The average molecular weight is 291 g/mol. The number of hydrogen-bond donors (Lipinski definition) is 1. The van der Waals surface area contributed by atoms with Gasteiger partial charge in [-0.15, -0.1) is 11.3 Å². The lowest BCUT2D eigenvalue weighted by Crippen LogP contribution is -2.02. The third-order valence-corrected chi connectivity index (χ3v) is 3.99. The smallest absolute Gasteiger partial charge is 0.307 e. The first-order valence-corrected chi connectivity index (χ1v) is 7.29. The molecule has 1 aromatic carbocycles. The Kier molecular flexibility index (Phi) is 4.74. The number of aryl methyl sites for hydroxylation is 2. The van der Waals surface area contributed by atoms with E-state index in [1.165, 1.54) is 4.88 Å². The van der Waals surface area contributed by atoms with Crippen molar-refractivity contribution >= 4 is 17.3 Å². The molecule has 0 atom stereocenters. The molecule has 0 spiro atoms. The number of aliphatic carboxylic acids is 1. The molecule has 0 aliphatic rings. The normalized spacial score (nSPS) is 10.5. The van der Waals surface area contributed by atoms with Gasteiger partial charge in [-0.2, -0.15) is 0 Å². The Balaban J connectivity index is 2.05. The molecule has 0 aliphatic heterocycles. The summed E-state index contributed by atoms with van der Waals surface area (Å²) in [6.07, 6.45) is 0.955. The monoisotopic (exact) mass is 291 g/mol. The van der Waals surface area contributed by atoms with Gasteiger partial charge in [-0.1, -0.05) is 19.1 Å². The Morgan fingerprint density at radius 1 is 1.45 bits per heavy atom. The Bertz CT molecular complexity index is 607. The van der Waals surface area contributed by atoms with E-state index in [4.69, 9.17) is 9.84 Å². The van der Waals surface area contributed by atoms with Crippen LogP contribution in [0.2, 0.25) is 0 Å². The zero-order chi connectivity index (χ0) is 14.5. The zero-order valence-corrected chi connectivity index (χ0v) is 12.4. The highest BCUT2D eigenvalue weighted by atomic mass is 32.1. The molecule has 106 valence electrons. The molecule has 2 rings (SSSR count). The van der Waals surface area contributed by atoms with E-state index in [0.29, 0.717) is 12.4 Å². The summed E-state index contributed by atoms with van der Waals surface area (Å²) in [6, 6.07) is 7.18. The second-order valence-electron chi connectivity index (χ2n) is 4.46. The molecule has 1 heterocycles. The van der Waals surface area contributed by atoms with Crippen LogP contribution < -0.4 is 4.74 Å². The quantitative estimate of drug-likeness (QED) is 0.887. The van der Waals surface area contributed by atoms with E-state index in [-0.39, 0.29) is 6.42 Å². The first kappa shape index (κ1) is 14.5.